The summed E-state index contributed by atoms with van der Waals surface area (Å²) in [6, 6.07) is 0. The molecule has 1 fully saturated rings. The van der Waals surface area contributed by atoms with Gasteiger partial charge in [0.15, 0.2) is 9.04 Å². The van der Waals surface area contributed by atoms with Gasteiger partial charge in [0.25, 0.3) is 0 Å². The molecule has 1 aliphatic rings. The zero-order chi connectivity index (χ0) is 18.0. The van der Waals surface area contributed by atoms with Crippen LogP contribution in [0.2, 0.25) is 13.1 Å². The molecule has 0 radical (unpaired) electrons. The first-order chi connectivity index (χ1) is 10.3. The van der Waals surface area contributed by atoms with E-state index in [1.54, 1.807) is 4.90 Å². The van der Waals surface area contributed by atoms with Crippen LogP contribution in [-0.2, 0) is 9.16 Å². The lowest BCUT2D eigenvalue weighted by molar-refractivity contribution is 0.00867. The third kappa shape index (κ3) is 6.08. The predicted molar refractivity (Wildman–Crippen MR) is 95.1 cm³/mol. The number of hydrogen-bond donors (Lipinski definition) is 1. The van der Waals surface area contributed by atoms with Gasteiger partial charge in [0, 0.05) is 31.5 Å². The van der Waals surface area contributed by atoms with Crippen LogP contribution in [0.3, 0.4) is 0 Å². The number of aliphatic hydroxyl groups is 1. The van der Waals surface area contributed by atoms with Crippen molar-refractivity contribution in [3.63, 3.8) is 0 Å². The molecular formula is C17H35NO4Si. The number of carbonyl (C=O) groups excluding carboxylic acids is 1. The Balaban J connectivity index is 2.90. The second-order valence-electron chi connectivity index (χ2n) is 8.96. The second-order valence-corrected chi connectivity index (χ2v) is 11.3. The fourth-order valence-corrected chi connectivity index (χ4v) is 4.35. The monoisotopic (exact) mass is 345 g/mol. The first-order valence-corrected chi connectivity index (χ1v) is 11.4. The van der Waals surface area contributed by atoms with E-state index in [1.165, 1.54) is 0 Å². The first-order valence-electron chi connectivity index (χ1n) is 8.59. The Morgan fingerprint density at radius 2 is 1.78 bits per heavy atom. The summed E-state index contributed by atoms with van der Waals surface area (Å²) in [5, 5.41) is 9.79. The summed E-state index contributed by atoms with van der Waals surface area (Å²) in [4.78, 5) is 14.1. The molecule has 0 spiro atoms. The van der Waals surface area contributed by atoms with Gasteiger partial charge in [-0.1, -0.05) is 20.8 Å². The molecule has 1 aliphatic heterocycles. The number of ether oxygens (including phenoxy) is 1. The quantitative estimate of drug-likeness (QED) is 0.796. The van der Waals surface area contributed by atoms with Gasteiger partial charge in [0.1, 0.15) is 5.60 Å². The molecule has 1 saturated heterocycles. The average Bonchev–Trinajstić information content (AvgIpc) is 2.76. The Labute approximate surface area is 143 Å². The first kappa shape index (κ1) is 20.5. The van der Waals surface area contributed by atoms with Gasteiger partial charge in [-0.05, 0) is 39.3 Å². The largest absolute Gasteiger partial charge is 0.444 e. The van der Waals surface area contributed by atoms with E-state index in [0.717, 1.165) is 0 Å². The fourth-order valence-electron chi connectivity index (χ4n) is 3.15. The van der Waals surface area contributed by atoms with Crippen LogP contribution in [0.25, 0.3) is 0 Å². The SMILES string of the molecule is C[SiH](C)OC([C@H]1CN(C(=O)OC(C)(C)C)C[C@@H]1CO)C(C)(C)C. The van der Waals surface area contributed by atoms with Gasteiger partial charge in [-0.15, -0.1) is 0 Å². The molecule has 0 saturated carbocycles. The minimum Gasteiger partial charge on any atom is -0.444 e. The Kier molecular flexibility index (Phi) is 6.70. The molecule has 1 heterocycles. The van der Waals surface area contributed by atoms with E-state index in [0.29, 0.717) is 13.1 Å². The second kappa shape index (κ2) is 7.53. The third-order valence-corrected chi connectivity index (χ3v) is 4.88. The number of rotatable bonds is 4. The van der Waals surface area contributed by atoms with Gasteiger partial charge in [0.2, 0.25) is 0 Å². The van der Waals surface area contributed by atoms with E-state index in [9.17, 15) is 9.90 Å². The summed E-state index contributed by atoms with van der Waals surface area (Å²) in [6.45, 7) is 17.6. The lowest BCUT2D eigenvalue weighted by Gasteiger charge is -2.38. The van der Waals surface area contributed by atoms with E-state index >= 15 is 0 Å². The molecule has 23 heavy (non-hydrogen) atoms. The van der Waals surface area contributed by atoms with Crippen molar-refractivity contribution in [2.45, 2.75) is 66.3 Å². The zero-order valence-electron chi connectivity index (χ0n) is 16.0. The minimum atomic E-state index is -1.22. The summed E-state index contributed by atoms with van der Waals surface area (Å²) in [5.41, 5.74) is -0.534. The van der Waals surface area contributed by atoms with Crippen molar-refractivity contribution in [2.75, 3.05) is 19.7 Å². The van der Waals surface area contributed by atoms with Gasteiger partial charge in [-0.3, -0.25) is 0 Å². The van der Waals surface area contributed by atoms with Gasteiger partial charge in [0.05, 0.1) is 6.10 Å². The van der Waals surface area contributed by atoms with Gasteiger partial charge in [-0.2, -0.15) is 0 Å². The van der Waals surface area contributed by atoms with E-state index in [1.807, 2.05) is 20.8 Å². The van der Waals surface area contributed by atoms with Crippen molar-refractivity contribution in [3.05, 3.63) is 0 Å². The highest BCUT2D eigenvalue weighted by molar-refractivity contribution is 6.48. The molecule has 1 unspecified atom stereocenters. The summed E-state index contributed by atoms with van der Waals surface area (Å²) in [6.07, 6.45) is -0.258. The molecule has 0 aromatic heterocycles. The maximum absolute atomic E-state index is 12.4. The molecule has 5 nitrogen and oxygen atoms in total. The van der Waals surface area contributed by atoms with Crippen molar-refractivity contribution in [1.82, 2.24) is 4.90 Å². The normalized spacial score (nSPS) is 24.2. The number of hydrogen-bond acceptors (Lipinski definition) is 4. The highest BCUT2D eigenvalue weighted by atomic mass is 28.3. The van der Waals surface area contributed by atoms with E-state index in [4.69, 9.17) is 9.16 Å². The van der Waals surface area contributed by atoms with Gasteiger partial charge >= 0.3 is 6.09 Å². The van der Waals surface area contributed by atoms with Crippen LogP contribution in [0.15, 0.2) is 0 Å². The van der Waals surface area contributed by atoms with Crippen LogP contribution < -0.4 is 0 Å². The maximum atomic E-state index is 12.4. The topological polar surface area (TPSA) is 59.0 Å². The van der Waals surface area contributed by atoms with Crippen LogP contribution in [0.5, 0.6) is 0 Å². The molecule has 1 amide bonds. The Morgan fingerprint density at radius 3 is 2.17 bits per heavy atom. The Morgan fingerprint density at radius 1 is 1.22 bits per heavy atom. The number of amides is 1. The molecule has 0 aliphatic carbocycles. The Hall–Kier alpha value is -0.593. The third-order valence-electron chi connectivity index (χ3n) is 4.04. The molecule has 0 bridgehead atoms. The van der Waals surface area contributed by atoms with Crippen molar-refractivity contribution in [2.24, 2.45) is 17.3 Å². The maximum Gasteiger partial charge on any atom is 0.410 e. The standard InChI is InChI=1S/C17H35NO4Si/c1-16(2,3)14(22-23(7)8)13-10-18(9-12(13)11-19)15(20)21-17(4,5)6/h12-14,19,23H,9-11H2,1-8H3/t12-,13+,14?/m1/s1. The lowest BCUT2D eigenvalue weighted by atomic mass is 9.77. The molecule has 1 N–H and O–H groups in total. The smallest absolute Gasteiger partial charge is 0.410 e. The molecule has 3 atom stereocenters. The van der Waals surface area contributed by atoms with Gasteiger partial charge < -0.3 is 19.2 Å². The van der Waals surface area contributed by atoms with Crippen LogP contribution in [0, 0.1) is 17.3 Å². The lowest BCUT2D eigenvalue weighted by Crippen LogP contribution is -2.43. The van der Waals surface area contributed by atoms with E-state index in [2.05, 4.69) is 33.9 Å². The molecular weight excluding hydrogens is 310 g/mol. The van der Waals surface area contributed by atoms with E-state index < -0.39 is 14.6 Å². The highest BCUT2D eigenvalue weighted by Crippen LogP contribution is 2.37. The van der Waals surface area contributed by atoms with Crippen LogP contribution >= 0.6 is 0 Å². The highest BCUT2D eigenvalue weighted by Gasteiger charge is 2.45. The summed E-state index contributed by atoms with van der Waals surface area (Å²) >= 11 is 0. The van der Waals surface area contributed by atoms with E-state index in [-0.39, 0.29) is 36.1 Å². The van der Waals surface area contributed by atoms with Crippen molar-refractivity contribution >= 4 is 15.1 Å². The minimum absolute atomic E-state index is 0.0285. The summed E-state index contributed by atoms with van der Waals surface area (Å²) < 4.78 is 11.8. The molecule has 1 rings (SSSR count). The summed E-state index contributed by atoms with van der Waals surface area (Å²) in [5.74, 6) is 0.182. The zero-order valence-corrected chi connectivity index (χ0v) is 17.2. The van der Waals surface area contributed by atoms with Crippen molar-refractivity contribution in [3.8, 4) is 0 Å². The molecule has 136 valence electrons. The number of likely N-dealkylation sites (tertiary alicyclic amines) is 1. The number of aliphatic hydroxyl groups excluding tert-OH is 1. The predicted octanol–water partition coefficient (Wildman–Crippen LogP) is 2.88. The number of carbonyl (C=O) groups is 1. The van der Waals surface area contributed by atoms with Gasteiger partial charge in [-0.25, -0.2) is 4.79 Å². The fraction of sp³-hybridized carbons (Fsp3) is 0.941. The molecule has 0 aromatic carbocycles. The van der Waals surface area contributed by atoms with Crippen LogP contribution in [0.1, 0.15) is 41.5 Å². The number of nitrogens with zero attached hydrogens (tertiary/aromatic N) is 1. The molecule has 6 heteroatoms. The van der Waals surface area contributed by atoms with Crippen molar-refractivity contribution < 1.29 is 19.1 Å². The Bertz CT molecular complexity index is 400. The van der Waals surface area contributed by atoms with Crippen LogP contribution in [-0.4, -0.2) is 56.5 Å². The van der Waals surface area contributed by atoms with Crippen molar-refractivity contribution in [1.29, 1.82) is 0 Å². The summed E-state index contributed by atoms with van der Waals surface area (Å²) in [7, 11) is -1.22. The average molecular weight is 346 g/mol. The van der Waals surface area contributed by atoms with Crippen LogP contribution in [0.4, 0.5) is 4.79 Å². The molecule has 0 aromatic rings.